The van der Waals surface area contributed by atoms with Crippen molar-refractivity contribution in [1.29, 1.82) is 0 Å². The van der Waals surface area contributed by atoms with Crippen molar-refractivity contribution >= 4 is 31.9 Å². The molecule has 1 aromatic carbocycles. The van der Waals surface area contributed by atoms with Crippen molar-refractivity contribution in [3.63, 3.8) is 0 Å². The Morgan fingerprint density at radius 2 is 1.81 bits per heavy atom. The fourth-order valence-corrected chi connectivity index (χ4v) is 5.34. The molecule has 0 N–H and O–H groups in total. The lowest BCUT2D eigenvalue weighted by atomic mass is 10.3. The maximum absolute atomic E-state index is 13.0. The maximum Gasteiger partial charge on any atom is 0.246 e. The highest BCUT2D eigenvalue weighted by Gasteiger charge is 2.32. The molecule has 3 rings (SSSR count). The Labute approximate surface area is 168 Å². The summed E-state index contributed by atoms with van der Waals surface area (Å²) < 4.78 is 38.6. The average molecular weight is 462 g/mol. The number of methoxy groups -OCH3 is 1. The summed E-state index contributed by atoms with van der Waals surface area (Å²) in [4.78, 5) is 16.3. The van der Waals surface area contributed by atoms with Crippen LogP contribution in [0.5, 0.6) is 5.75 Å². The quantitative estimate of drug-likeness (QED) is 0.639. The molecule has 0 bridgehead atoms. The molecule has 0 aromatic heterocycles. The van der Waals surface area contributed by atoms with E-state index in [0.717, 1.165) is 0 Å². The molecule has 10 heteroatoms. The number of nitrogens with zero attached hydrogens (tertiary/aromatic N) is 3. The van der Waals surface area contributed by atoms with Crippen molar-refractivity contribution in [3.05, 3.63) is 22.7 Å². The molecule has 0 spiro atoms. The Balaban J connectivity index is 1.61. The minimum atomic E-state index is -3.66. The number of hydrogen-bond donors (Lipinski definition) is 0. The van der Waals surface area contributed by atoms with Gasteiger partial charge in [0.25, 0.3) is 0 Å². The lowest BCUT2D eigenvalue weighted by molar-refractivity contribution is -0.136. The molecule has 0 atom stereocenters. The van der Waals surface area contributed by atoms with Crippen LogP contribution in [0.1, 0.15) is 0 Å². The standard InChI is InChI=1S/C17H24BrN3O5S/c1-25-15-3-2-14(18)12-16(15)27(23,24)21-6-4-19(5-7-21)13-17(22)20-8-10-26-11-9-20/h2-3,12H,4-11,13H2,1H3. The van der Waals surface area contributed by atoms with Crippen LogP contribution in [-0.2, 0) is 19.6 Å². The number of carbonyl (C=O) groups is 1. The molecule has 27 heavy (non-hydrogen) atoms. The number of benzene rings is 1. The molecule has 2 aliphatic rings. The summed E-state index contributed by atoms with van der Waals surface area (Å²) in [6, 6.07) is 4.93. The van der Waals surface area contributed by atoms with Gasteiger partial charge in [-0.3, -0.25) is 9.69 Å². The summed E-state index contributed by atoms with van der Waals surface area (Å²) in [6.45, 7) is 4.43. The van der Waals surface area contributed by atoms with Crippen molar-refractivity contribution in [2.45, 2.75) is 4.90 Å². The second-order valence-corrected chi connectivity index (χ2v) is 9.29. The van der Waals surface area contributed by atoms with Gasteiger partial charge in [-0.2, -0.15) is 4.31 Å². The molecule has 150 valence electrons. The minimum Gasteiger partial charge on any atom is -0.495 e. The normalized spacial score (nSPS) is 19.9. The number of morpholine rings is 1. The van der Waals surface area contributed by atoms with Crippen LogP contribution >= 0.6 is 15.9 Å². The summed E-state index contributed by atoms with van der Waals surface area (Å²) in [5, 5.41) is 0. The van der Waals surface area contributed by atoms with Gasteiger partial charge in [0, 0.05) is 43.7 Å². The molecule has 1 aromatic rings. The number of rotatable bonds is 5. The Hall–Kier alpha value is -1.20. The molecule has 1 amide bonds. The largest absolute Gasteiger partial charge is 0.495 e. The Bertz CT molecular complexity index is 775. The summed E-state index contributed by atoms with van der Waals surface area (Å²) in [5.74, 6) is 0.395. The lowest BCUT2D eigenvalue weighted by Crippen LogP contribution is -2.52. The van der Waals surface area contributed by atoms with Gasteiger partial charge in [-0.1, -0.05) is 15.9 Å². The molecule has 0 radical (unpaired) electrons. The molecule has 2 aliphatic heterocycles. The van der Waals surface area contributed by atoms with Gasteiger partial charge in [0.05, 0.1) is 26.9 Å². The van der Waals surface area contributed by atoms with Crippen molar-refractivity contribution < 1.29 is 22.7 Å². The molecule has 2 fully saturated rings. The highest BCUT2D eigenvalue weighted by molar-refractivity contribution is 9.10. The topological polar surface area (TPSA) is 79.4 Å². The van der Waals surface area contributed by atoms with Crippen LogP contribution in [0.3, 0.4) is 0 Å². The molecule has 0 aliphatic carbocycles. The number of piperazine rings is 1. The number of halogens is 1. The average Bonchev–Trinajstić information content (AvgIpc) is 2.69. The van der Waals surface area contributed by atoms with E-state index >= 15 is 0 Å². The van der Waals surface area contributed by atoms with Crippen LogP contribution in [0.2, 0.25) is 0 Å². The highest BCUT2D eigenvalue weighted by Crippen LogP contribution is 2.30. The van der Waals surface area contributed by atoms with Crippen LogP contribution in [0.25, 0.3) is 0 Å². The first-order valence-corrected chi connectivity index (χ1v) is 11.1. The van der Waals surface area contributed by atoms with Crippen LogP contribution in [0.15, 0.2) is 27.6 Å². The smallest absolute Gasteiger partial charge is 0.246 e. The van der Waals surface area contributed by atoms with E-state index in [4.69, 9.17) is 9.47 Å². The van der Waals surface area contributed by atoms with Gasteiger partial charge in [0.15, 0.2) is 0 Å². The van der Waals surface area contributed by atoms with E-state index in [9.17, 15) is 13.2 Å². The van der Waals surface area contributed by atoms with Gasteiger partial charge in [-0.15, -0.1) is 0 Å². The molecule has 0 saturated carbocycles. The SMILES string of the molecule is COc1ccc(Br)cc1S(=O)(=O)N1CCN(CC(=O)N2CCOCC2)CC1. The predicted octanol–water partition coefficient (Wildman–Crippen LogP) is 0.623. The van der Waals surface area contributed by atoms with E-state index < -0.39 is 10.0 Å². The lowest BCUT2D eigenvalue weighted by Gasteiger charge is -2.35. The first-order chi connectivity index (χ1) is 12.9. The number of amides is 1. The molecule has 2 saturated heterocycles. The van der Waals surface area contributed by atoms with Gasteiger partial charge in [-0.25, -0.2) is 8.42 Å². The maximum atomic E-state index is 13.0. The van der Waals surface area contributed by atoms with Crippen molar-refractivity contribution in [3.8, 4) is 5.75 Å². The predicted molar refractivity (Wildman–Crippen MR) is 103 cm³/mol. The second-order valence-electron chi connectivity index (χ2n) is 6.47. The monoisotopic (exact) mass is 461 g/mol. The Morgan fingerprint density at radius 3 is 2.44 bits per heavy atom. The van der Waals surface area contributed by atoms with Gasteiger partial charge in [-0.05, 0) is 18.2 Å². The number of ether oxygens (including phenoxy) is 2. The Kier molecular flexibility index (Phi) is 6.74. The third-order valence-electron chi connectivity index (χ3n) is 4.80. The molecule has 8 nitrogen and oxygen atoms in total. The molecule has 2 heterocycles. The van der Waals surface area contributed by atoms with E-state index in [1.165, 1.54) is 11.4 Å². The van der Waals surface area contributed by atoms with E-state index in [1.807, 2.05) is 4.90 Å². The summed E-state index contributed by atoms with van der Waals surface area (Å²) in [7, 11) is -2.20. The van der Waals surface area contributed by atoms with E-state index in [2.05, 4.69) is 15.9 Å². The van der Waals surface area contributed by atoms with Crippen molar-refractivity contribution in [2.24, 2.45) is 0 Å². The summed E-state index contributed by atoms with van der Waals surface area (Å²) >= 11 is 3.32. The zero-order chi connectivity index (χ0) is 19.4. The molecular formula is C17H24BrN3O5S. The third-order valence-corrected chi connectivity index (χ3v) is 7.21. The van der Waals surface area contributed by atoms with Crippen LogP contribution in [0.4, 0.5) is 0 Å². The number of carbonyl (C=O) groups excluding carboxylic acids is 1. The van der Waals surface area contributed by atoms with Crippen molar-refractivity contribution in [1.82, 2.24) is 14.1 Å². The molecule has 0 unspecified atom stereocenters. The first kappa shape index (κ1) is 20.5. The summed E-state index contributed by atoms with van der Waals surface area (Å²) in [6.07, 6.45) is 0. The van der Waals surface area contributed by atoms with E-state index in [1.54, 1.807) is 23.1 Å². The van der Waals surface area contributed by atoms with Gasteiger partial charge >= 0.3 is 0 Å². The van der Waals surface area contributed by atoms with Crippen LogP contribution in [-0.4, -0.2) is 94.6 Å². The number of sulfonamides is 1. The number of hydrogen-bond acceptors (Lipinski definition) is 6. The van der Waals surface area contributed by atoms with Gasteiger partial charge in [0.1, 0.15) is 10.6 Å². The van der Waals surface area contributed by atoms with Crippen molar-refractivity contribution in [2.75, 3.05) is 66.1 Å². The first-order valence-electron chi connectivity index (χ1n) is 8.83. The zero-order valence-electron chi connectivity index (χ0n) is 15.3. The fourth-order valence-electron chi connectivity index (χ4n) is 3.22. The minimum absolute atomic E-state index is 0.0725. The van der Waals surface area contributed by atoms with Crippen LogP contribution in [0, 0.1) is 0 Å². The molecular weight excluding hydrogens is 438 g/mol. The summed E-state index contributed by atoms with van der Waals surface area (Å²) in [5.41, 5.74) is 0. The third kappa shape index (κ3) is 4.80. The van der Waals surface area contributed by atoms with Gasteiger partial charge < -0.3 is 14.4 Å². The zero-order valence-corrected chi connectivity index (χ0v) is 17.7. The Morgan fingerprint density at radius 1 is 1.15 bits per heavy atom. The highest BCUT2D eigenvalue weighted by atomic mass is 79.9. The van der Waals surface area contributed by atoms with E-state index in [-0.39, 0.29) is 10.8 Å². The second kappa shape index (κ2) is 8.87. The van der Waals surface area contributed by atoms with Crippen LogP contribution < -0.4 is 4.74 Å². The fraction of sp³-hybridized carbons (Fsp3) is 0.588. The van der Waals surface area contributed by atoms with E-state index in [0.29, 0.717) is 69.2 Å². The van der Waals surface area contributed by atoms with Gasteiger partial charge in [0.2, 0.25) is 15.9 Å².